The van der Waals surface area contributed by atoms with Gasteiger partial charge in [0.2, 0.25) is 11.7 Å². The van der Waals surface area contributed by atoms with Gasteiger partial charge < -0.3 is 25.0 Å². The summed E-state index contributed by atoms with van der Waals surface area (Å²) in [6, 6.07) is 5.04. The monoisotopic (exact) mass is 715 g/mol. The van der Waals surface area contributed by atoms with Crippen molar-refractivity contribution in [2.45, 2.75) is 70.1 Å². The van der Waals surface area contributed by atoms with Crippen LogP contribution in [-0.2, 0) is 43.2 Å². The van der Waals surface area contributed by atoms with Gasteiger partial charge in [-0.05, 0) is 54.7 Å². The van der Waals surface area contributed by atoms with Gasteiger partial charge in [0.25, 0.3) is 5.91 Å². The van der Waals surface area contributed by atoms with Crippen LogP contribution in [0.5, 0.6) is 5.75 Å². The Kier molecular flexibility index (Phi) is 7.35. The second-order valence-corrected chi connectivity index (χ2v) is 14.0. The highest BCUT2D eigenvalue weighted by molar-refractivity contribution is 5.96. The topological polar surface area (TPSA) is 134 Å². The maximum atomic E-state index is 14.3. The molecule has 1 unspecified atom stereocenters. The molecule has 3 N–H and O–H groups in total. The molecule has 11 nitrogen and oxygen atoms in total. The predicted octanol–water partition coefficient (Wildman–Crippen LogP) is 5.54. The van der Waals surface area contributed by atoms with E-state index in [1.165, 1.54) is 18.3 Å². The lowest BCUT2D eigenvalue weighted by molar-refractivity contribution is -0.148. The van der Waals surface area contributed by atoms with Crippen molar-refractivity contribution in [2.24, 2.45) is 17.3 Å². The first-order valence-corrected chi connectivity index (χ1v) is 16.4. The molecule has 0 spiro atoms. The Morgan fingerprint density at radius 2 is 1.90 bits per heavy atom. The minimum atomic E-state index is -4.80. The lowest BCUT2D eigenvalue weighted by Gasteiger charge is -2.36. The van der Waals surface area contributed by atoms with Gasteiger partial charge in [0, 0.05) is 66.7 Å². The zero-order valence-electron chi connectivity index (χ0n) is 27.0. The van der Waals surface area contributed by atoms with Crippen molar-refractivity contribution in [3.05, 3.63) is 88.0 Å². The molecule has 3 aromatic rings. The number of alkyl halides is 6. The number of aliphatic hydroxyl groups is 1. The van der Waals surface area contributed by atoms with Gasteiger partial charge in [0.1, 0.15) is 23.2 Å². The summed E-state index contributed by atoms with van der Waals surface area (Å²) in [5.41, 5.74) is -2.07. The van der Waals surface area contributed by atoms with Crippen molar-refractivity contribution in [3.63, 3.8) is 0 Å². The van der Waals surface area contributed by atoms with Crippen molar-refractivity contribution in [3.8, 4) is 5.75 Å². The Morgan fingerprint density at radius 1 is 1.10 bits per heavy atom. The van der Waals surface area contributed by atoms with Crippen LogP contribution in [0, 0.1) is 17.3 Å². The highest BCUT2D eigenvalue weighted by Crippen LogP contribution is 2.79. The van der Waals surface area contributed by atoms with Crippen molar-refractivity contribution < 1.29 is 45.8 Å². The number of rotatable bonds is 7. The maximum absolute atomic E-state index is 14.3. The Labute approximate surface area is 286 Å². The number of nitrogens with zero attached hydrogens (tertiary/aromatic N) is 5. The van der Waals surface area contributed by atoms with E-state index in [1.807, 2.05) is 6.92 Å². The number of carbonyl (C=O) groups excluding carboxylic acids is 2. The number of ether oxygens (including phenoxy) is 1. The second-order valence-electron chi connectivity index (χ2n) is 14.0. The number of benzene rings is 1. The van der Waals surface area contributed by atoms with Gasteiger partial charge in [-0.2, -0.15) is 26.3 Å². The first kappa shape index (κ1) is 33.2. The Balaban J connectivity index is 0.952. The average molecular weight is 716 g/mol. The number of aliphatic hydroxyl groups excluding tert-OH is 1. The number of halogens is 6. The highest BCUT2D eigenvalue weighted by atomic mass is 19.4. The minimum absolute atomic E-state index is 0.00310. The third kappa shape index (κ3) is 5.70. The zero-order valence-corrected chi connectivity index (χ0v) is 27.0. The van der Waals surface area contributed by atoms with Gasteiger partial charge in [-0.3, -0.25) is 14.5 Å². The summed E-state index contributed by atoms with van der Waals surface area (Å²) in [7, 11) is 0. The number of anilines is 1. The largest absolute Gasteiger partial charge is 0.512 e. The molecule has 2 saturated carbocycles. The van der Waals surface area contributed by atoms with Crippen LogP contribution >= 0.6 is 0 Å². The maximum Gasteiger partial charge on any atom is 0.451 e. The number of fused-ring (bicyclic) bond motifs is 3. The number of amides is 2. The van der Waals surface area contributed by atoms with Crippen molar-refractivity contribution in [2.75, 3.05) is 11.9 Å². The van der Waals surface area contributed by atoms with Crippen molar-refractivity contribution in [1.29, 1.82) is 0 Å². The second kappa shape index (κ2) is 11.3. The van der Waals surface area contributed by atoms with Gasteiger partial charge in [-0.1, -0.05) is 13.0 Å². The van der Waals surface area contributed by atoms with E-state index >= 15 is 0 Å². The smallest absolute Gasteiger partial charge is 0.451 e. The van der Waals surface area contributed by atoms with Crippen molar-refractivity contribution in [1.82, 2.24) is 30.0 Å². The fourth-order valence-electron chi connectivity index (χ4n) is 8.05. The molecule has 51 heavy (non-hydrogen) atoms. The number of aromatic nitrogens is 4. The number of pyridine rings is 1. The molecule has 2 fully saturated rings. The van der Waals surface area contributed by atoms with E-state index in [0.29, 0.717) is 43.0 Å². The van der Waals surface area contributed by atoms with E-state index in [2.05, 4.69) is 25.8 Å². The molecule has 0 saturated heterocycles. The van der Waals surface area contributed by atoms with E-state index < -0.39 is 40.6 Å². The predicted molar refractivity (Wildman–Crippen MR) is 166 cm³/mol. The molecule has 5 aliphatic rings. The average Bonchev–Trinajstić information content (AvgIpc) is 3.85. The summed E-state index contributed by atoms with van der Waals surface area (Å²) >= 11 is 0. The van der Waals surface area contributed by atoms with Crippen LogP contribution in [0.2, 0.25) is 0 Å². The summed E-state index contributed by atoms with van der Waals surface area (Å²) in [5, 5.41) is 23.5. The fourth-order valence-corrected chi connectivity index (χ4v) is 8.05. The Morgan fingerprint density at radius 3 is 2.65 bits per heavy atom. The summed E-state index contributed by atoms with van der Waals surface area (Å²) in [6.45, 7) is 1.42. The third-order valence-electron chi connectivity index (χ3n) is 10.8. The van der Waals surface area contributed by atoms with Gasteiger partial charge in [-0.15, -0.1) is 10.2 Å². The molecule has 2 aliphatic heterocycles. The van der Waals surface area contributed by atoms with E-state index in [-0.39, 0.29) is 66.6 Å². The summed E-state index contributed by atoms with van der Waals surface area (Å²) < 4.78 is 89.7. The standard InChI is InChI=1S/C34H31F6N7O4/c1-31(13-19(4-6-24(31)48)51-23-8-9-41-28-20(23)5-7-26(49)42-28)27-22-14-32(22,27)43-29(50)17-2-3-18(21(12-17)33(35,36)37)15-46-10-11-47-25(16-46)44-45-30(47)34(38,39)40/h2-4,6,8-9,12,22,27,48H,5,7,10-11,13-16H2,1H3,(H,43,50)(H,41,42,49)/t22-,27-,31?,32-/m0/s1. The molecule has 0 bridgehead atoms. The molecule has 0 radical (unpaired) electrons. The highest BCUT2D eigenvalue weighted by Gasteiger charge is 2.84. The minimum Gasteiger partial charge on any atom is -0.512 e. The van der Waals surface area contributed by atoms with Crippen LogP contribution in [-0.4, -0.2) is 53.7 Å². The third-order valence-corrected chi connectivity index (χ3v) is 10.8. The summed E-state index contributed by atoms with van der Waals surface area (Å²) in [4.78, 5) is 31.0. The quantitative estimate of drug-likeness (QED) is 0.272. The van der Waals surface area contributed by atoms with Crippen molar-refractivity contribution >= 4 is 17.6 Å². The fraction of sp³-hybridized carbons (Fsp3) is 0.441. The van der Waals surface area contributed by atoms with Gasteiger partial charge in [0.05, 0.1) is 17.9 Å². The van der Waals surface area contributed by atoms with Crippen LogP contribution in [0.15, 0.2) is 54.1 Å². The molecule has 2 aromatic heterocycles. The normalized spacial score (nSPS) is 26.9. The molecule has 4 heterocycles. The molecule has 17 heteroatoms. The first-order chi connectivity index (χ1) is 24.1. The lowest BCUT2D eigenvalue weighted by atomic mass is 9.72. The zero-order chi connectivity index (χ0) is 36.1. The molecule has 2 amide bonds. The number of carbonyl (C=O) groups is 2. The van der Waals surface area contributed by atoms with Crippen LogP contribution in [0.4, 0.5) is 32.2 Å². The number of hydrogen-bond donors (Lipinski definition) is 3. The number of allylic oxidation sites excluding steroid dienone is 4. The molecule has 268 valence electrons. The van der Waals surface area contributed by atoms with Crippen LogP contribution < -0.4 is 15.4 Å². The van der Waals surface area contributed by atoms with E-state index in [0.717, 1.165) is 16.2 Å². The molecule has 4 atom stereocenters. The molecule has 1 aromatic carbocycles. The molecular formula is C34H31F6N7O4. The van der Waals surface area contributed by atoms with E-state index in [1.54, 1.807) is 23.1 Å². The SMILES string of the molecule is CC1([C@@H]2[C@@H]3C[C@]32NC(=O)c2ccc(CN3CCn4c(nnc4C(F)(F)F)C3)c(C(F)(F)F)c2)CC(Oc2ccnc3c2CCC(=O)N3)=CC=C1O. The number of hydrogen-bond acceptors (Lipinski definition) is 8. The van der Waals surface area contributed by atoms with Crippen LogP contribution in [0.1, 0.15) is 64.9 Å². The van der Waals surface area contributed by atoms with Gasteiger partial charge >= 0.3 is 12.4 Å². The lowest BCUT2D eigenvalue weighted by Crippen LogP contribution is -2.40. The number of nitrogens with one attached hydrogen (secondary N) is 2. The van der Waals surface area contributed by atoms with Gasteiger partial charge in [0.15, 0.2) is 0 Å². The molecule has 8 rings (SSSR count). The summed E-state index contributed by atoms with van der Waals surface area (Å²) in [6.07, 6.45) is -3.08. The Hall–Kier alpha value is -4.93. The van der Waals surface area contributed by atoms with Crippen LogP contribution in [0.3, 0.4) is 0 Å². The van der Waals surface area contributed by atoms with Crippen LogP contribution in [0.25, 0.3) is 0 Å². The van der Waals surface area contributed by atoms with Gasteiger partial charge in [-0.25, -0.2) is 4.98 Å². The van der Waals surface area contributed by atoms with E-state index in [9.17, 15) is 41.0 Å². The first-order valence-electron chi connectivity index (χ1n) is 16.4. The molecular weight excluding hydrogens is 684 g/mol. The van der Waals surface area contributed by atoms with E-state index in [4.69, 9.17) is 4.74 Å². The summed E-state index contributed by atoms with van der Waals surface area (Å²) in [5.74, 6) is -0.474. The Bertz CT molecular complexity index is 2040. The molecule has 3 aliphatic carbocycles.